The molecule has 0 aromatic carbocycles. The Hall–Kier alpha value is -3.67. The molecule has 0 aliphatic heterocycles. The Balaban J connectivity index is 4.38. The van der Waals surface area contributed by atoms with Gasteiger partial charge in [-0.3, -0.25) is 14.4 Å². The Kier molecular flexibility index (Phi) is 58.8. The van der Waals surface area contributed by atoms with Gasteiger partial charge in [-0.2, -0.15) is 0 Å². The molecule has 0 heterocycles. The Morgan fingerprint density at radius 1 is 0.284 bits per heavy atom. The molecule has 1 atom stereocenters. The van der Waals surface area contributed by atoms with E-state index in [0.29, 0.717) is 19.3 Å². The lowest BCUT2D eigenvalue weighted by Crippen LogP contribution is -2.30. The molecule has 0 aliphatic rings. The first kappa shape index (κ1) is 70.3. The summed E-state index contributed by atoms with van der Waals surface area (Å²) in [6.45, 7) is 6.47. The molecular formula is C68H116O6. The highest BCUT2D eigenvalue weighted by molar-refractivity contribution is 5.71. The van der Waals surface area contributed by atoms with Crippen molar-refractivity contribution in [1.82, 2.24) is 0 Å². The summed E-state index contributed by atoms with van der Waals surface area (Å²) in [5.74, 6) is -0.912. The third kappa shape index (κ3) is 59.2. The van der Waals surface area contributed by atoms with Crippen molar-refractivity contribution in [3.63, 3.8) is 0 Å². The Morgan fingerprint density at radius 3 is 0.865 bits per heavy atom. The van der Waals surface area contributed by atoms with Crippen molar-refractivity contribution in [2.75, 3.05) is 13.2 Å². The minimum Gasteiger partial charge on any atom is -0.462 e. The molecule has 0 rings (SSSR count). The van der Waals surface area contributed by atoms with Crippen LogP contribution in [0.1, 0.15) is 297 Å². The van der Waals surface area contributed by atoms with Crippen molar-refractivity contribution < 1.29 is 28.6 Å². The summed E-state index contributed by atoms with van der Waals surface area (Å²) in [6.07, 6.45) is 82.6. The molecule has 0 bridgehead atoms. The number of rotatable bonds is 56. The first-order valence-corrected chi connectivity index (χ1v) is 31.2. The van der Waals surface area contributed by atoms with Crippen molar-refractivity contribution in [3.05, 3.63) is 97.2 Å². The maximum absolute atomic E-state index is 12.9. The summed E-state index contributed by atoms with van der Waals surface area (Å²) in [5.41, 5.74) is 0. The largest absolute Gasteiger partial charge is 0.462 e. The summed E-state index contributed by atoms with van der Waals surface area (Å²) < 4.78 is 16.9. The first-order chi connectivity index (χ1) is 36.5. The summed E-state index contributed by atoms with van der Waals surface area (Å²) >= 11 is 0. The molecule has 0 aromatic heterocycles. The molecule has 0 saturated heterocycles. The van der Waals surface area contributed by atoms with Crippen LogP contribution >= 0.6 is 0 Å². The van der Waals surface area contributed by atoms with E-state index in [9.17, 15) is 14.4 Å². The van der Waals surface area contributed by atoms with E-state index in [1.54, 1.807) is 0 Å². The van der Waals surface area contributed by atoms with Gasteiger partial charge in [0, 0.05) is 19.3 Å². The van der Waals surface area contributed by atoms with Gasteiger partial charge in [0.1, 0.15) is 13.2 Å². The van der Waals surface area contributed by atoms with Crippen LogP contribution in [0, 0.1) is 0 Å². The zero-order chi connectivity index (χ0) is 53.6. The third-order valence-corrected chi connectivity index (χ3v) is 13.3. The van der Waals surface area contributed by atoms with Gasteiger partial charge in [0.05, 0.1) is 0 Å². The molecule has 0 amide bonds. The quantitative estimate of drug-likeness (QED) is 0.0261. The van der Waals surface area contributed by atoms with Gasteiger partial charge >= 0.3 is 17.9 Å². The summed E-state index contributed by atoms with van der Waals surface area (Å²) in [4.78, 5) is 38.3. The van der Waals surface area contributed by atoms with Crippen LogP contribution in [-0.2, 0) is 28.6 Å². The molecule has 424 valence electrons. The number of ether oxygens (including phenoxy) is 3. The van der Waals surface area contributed by atoms with Crippen LogP contribution in [0.2, 0.25) is 0 Å². The molecule has 0 radical (unpaired) electrons. The molecule has 0 aromatic rings. The fourth-order valence-electron chi connectivity index (χ4n) is 8.60. The minimum atomic E-state index is -0.794. The lowest BCUT2D eigenvalue weighted by molar-refractivity contribution is -0.167. The van der Waals surface area contributed by atoms with Gasteiger partial charge in [-0.15, -0.1) is 0 Å². The summed E-state index contributed by atoms with van der Waals surface area (Å²) in [6, 6.07) is 0. The number of esters is 3. The van der Waals surface area contributed by atoms with Crippen LogP contribution in [0.5, 0.6) is 0 Å². The maximum Gasteiger partial charge on any atom is 0.306 e. The number of hydrogen-bond donors (Lipinski definition) is 0. The standard InChI is InChI=1S/C68H116O6/c1-4-7-10-13-16-19-22-25-28-30-32-33-34-35-37-38-40-43-46-49-52-55-58-61-67(70)73-64-65(63-72-66(69)60-57-54-51-48-45-42-27-24-21-18-15-12-9-6-3)74-68(71)62-59-56-53-50-47-44-41-39-36-31-29-26-23-20-17-14-11-8-5-2/h8,11,15,17-18,20,22,24-27,29-30,32,36,39,65H,4-7,9-10,12-14,16,19,21,23,28,31,33-35,37-38,40-64H2,1-3H3/b11-8-,18-15-,20-17-,25-22-,27-24-,29-26-,32-30-,39-36-. The van der Waals surface area contributed by atoms with Crippen molar-refractivity contribution >= 4 is 17.9 Å². The molecule has 6 nitrogen and oxygen atoms in total. The van der Waals surface area contributed by atoms with Gasteiger partial charge in [0.25, 0.3) is 0 Å². The number of hydrogen-bond acceptors (Lipinski definition) is 6. The highest BCUT2D eigenvalue weighted by Gasteiger charge is 2.19. The zero-order valence-electron chi connectivity index (χ0n) is 48.6. The molecule has 74 heavy (non-hydrogen) atoms. The van der Waals surface area contributed by atoms with Crippen LogP contribution in [-0.4, -0.2) is 37.2 Å². The second-order valence-electron chi connectivity index (χ2n) is 20.6. The van der Waals surface area contributed by atoms with E-state index in [1.807, 2.05) is 0 Å². The van der Waals surface area contributed by atoms with E-state index < -0.39 is 6.10 Å². The molecule has 0 aliphatic carbocycles. The molecule has 0 N–H and O–H groups in total. The average molecular weight is 1030 g/mol. The van der Waals surface area contributed by atoms with E-state index in [1.165, 1.54) is 128 Å². The maximum atomic E-state index is 12.9. The van der Waals surface area contributed by atoms with E-state index in [2.05, 4.69) is 118 Å². The molecule has 6 heteroatoms. The highest BCUT2D eigenvalue weighted by atomic mass is 16.6. The lowest BCUT2D eigenvalue weighted by atomic mass is 10.0. The Morgan fingerprint density at radius 2 is 0.541 bits per heavy atom. The van der Waals surface area contributed by atoms with Gasteiger partial charge in [0.2, 0.25) is 0 Å². The van der Waals surface area contributed by atoms with Crippen molar-refractivity contribution in [1.29, 1.82) is 0 Å². The fraction of sp³-hybridized carbons (Fsp3) is 0.721. The minimum absolute atomic E-state index is 0.0889. The molecular weight excluding hydrogens is 913 g/mol. The van der Waals surface area contributed by atoms with Crippen LogP contribution < -0.4 is 0 Å². The summed E-state index contributed by atoms with van der Waals surface area (Å²) in [5, 5.41) is 0. The molecule has 0 saturated carbocycles. The number of allylic oxidation sites excluding steroid dienone is 16. The van der Waals surface area contributed by atoms with Gasteiger partial charge < -0.3 is 14.2 Å². The van der Waals surface area contributed by atoms with Crippen LogP contribution in [0.4, 0.5) is 0 Å². The van der Waals surface area contributed by atoms with E-state index >= 15 is 0 Å². The summed E-state index contributed by atoms with van der Waals surface area (Å²) in [7, 11) is 0. The van der Waals surface area contributed by atoms with Crippen molar-refractivity contribution in [2.45, 2.75) is 303 Å². The van der Waals surface area contributed by atoms with Gasteiger partial charge in [0.15, 0.2) is 6.10 Å². The molecule has 0 fully saturated rings. The normalized spacial score (nSPS) is 12.7. The van der Waals surface area contributed by atoms with Gasteiger partial charge in [-0.25, -0.2) is 0 Å². The van der Waals surface area contributed by atoms with Crippen LogP contribution in [0.15, 0.2) is 97.2 Å². The fourth-order valence-corrected chi connectivity index (χ4v) is 8.60. The smallest absolute Gasteiger partial charge is 0.306 e. The lowest BCUT2D eigenvalue weighted by Gasteiger charge is -2.18. The Labute approximate surface area is 457 Å². The van der Waals surface area contributed by atoms with Gasteiger partial charge in [-0.1, -0.05) is 259 Å². The van der Waals surface area contributed by atoms with Crippen molar-refractivity contribution in [2.24, 2.45) is 0 Å². The number of carbonyl (C=O) groups excluding carboxylic acids is 3. The van der Waals surface area contributed by atoms with Crippen LogP contribution in [0.25, 0.3) is 0 Å². The average Bonchev–Trinajstić information content (AvgIpc) is 3.40. The third-order valence-electron chi connectivity index (χ3n) is 13.3. The number of unbranched alkanes of at least 4 members (excludes halogenated alkanes) is 29. The zero-order valence-corrected chi connectivity index (χ0v) is 48.6. The first-order valence-electron chi connectivity index (χ1n) is 31.2. The highest BCUT2D eigenvalue weighted by Crippen LogP contribution is 2.15. The Bertz CT molecular complexity index is 1460. The van der Waals surface area contributed by atoms with Gasteiger partial charge in [-0.05, 0) is 116 Å². The molecule has 1 unspecified atom stereocenters. The van der Waals surface area contributed by atoms with E-state index in [0.717, 1.165) is 128 Å². The van der Waals surface area contributed by atoms with Crippen LogP contribution in [0.3, 0.4) is 0 Å². The predicted octanol–water partition coefficient (Wildman–Crippen LogP) is 21.3. The van der Waals surface area contributed by atoms with E-state index in [4.69, 9.17) is 14.2 Å². The molecule has 0 spiro atoms. The monoisotopic (exact) mass is 1030 g/mol. The SMILES string of the molecule is CC/C=C\C/C=C\C/C=C\C/C=C\CCCCCCCCC(=O)OC(COC(=O)CCCCCCC/C=C\C/C=C\CCCC)COC(=O)CCCCCCCCCCCCC/C=C\C/C=C\CCCCCCC. The predicted molar refractivity (Wildman–Crippen MR) is 320 cm³/mol. The van der Waals surface area contributed by atoms with Crippen molar-refractivity contribution in [3.8, 4) is 0 Å². The number of carbonyl (C=O) groups is 3. The topological polar surface area (TPSA) is 78.9 Å². The van der Waals surface area contributed by atoms with E-state index in [-0.39, 0.29) is 31.1 Å². The second-order valence-corrected chi connectivity index (χ2v) is 20.6. The second kappa shape index (κ2) is 61.9.